The first-order chi connectivity index (χ1) is 21.7. The van der Waals surface area contributed by atoms with Crippen LogP contribution < -0.4 is 0 Å². The predicted molar refractivity (Wildman–Crippen MR) is 167 cm³/mol. The Hall–Kier alpha value is -2.40. The molecule has 2 saturated heterocycles. The van der Waals surface area contributed by atoms with Gasteiger partial charge >= 0.3 is 23.9 Å². The molecule has 0 aromatic carbocycles. The molecule has 2 aliphatic heterocycles. The van der Waals surface area contributed by atoms with Crippen molar-refractivity contribution in [3.8, 4) is 0 Å². The van der Waals surface area contributed by atoms with E-state index in [-0.39, 0.29) is 0 Å². The number of hydrogen-bond donors (Lipinski definition) is 3. The fraction of sp³-hybridized carbons (Fsp3) is 0.879. The molecule has 0 aromatic heterocycles. The molecular formula is C33H56O15. The van der Waals surface area contributed by atoms with Gasteiger partial charge in [0.05, 0.1) is 28.3 Å². The van der Waals surface area contributed by atoms with Crippen LogP contribution in [0.1, 0.15) is 83.1 Å². The van der Waals surface area contributed by atoms with Crippen LogP contribution >= 0.6 is 0 Å². The standard InChI is InChI=1S/C33H56O15/c1-30(2,3)26(37)42-15-17-20(46-27(38)31(4,5)6)22(47-28(39)32(7,8)9)23(48-29(40)33(10,11)12)25(44-17)45-21-18(35)16(14-34)43-24(41-13)19(21)36/h16-25,34-36H,14-15H2,1-13H3/t16-,17-,18+,19-,20-,21+,22+,23-,24-,25+/m1/s1. The Morgan fingerprint density at radius 3 is 1.40 bits per heavy atom. The summed E-state index contributed by atoms with van der Waals surface area (Å²) in [5, 5.41) is 31.9. The zero-order valence-electron chi connectivity index (χ0n) is 30.4. The molecule has 2 heterocycles. The van der Waals surface area contributed by atoms with Crippen LogP contribution in [0.25, 0.3) is 0 Å². The highest BCUT2D eigenvalue weighted by atomic mass is 16.8. The maximum absolute atomic E-state index is 13.4. The highest BCUT2D eigenvalue weighted by Gasteiger charge is 2.57. The molecule has 0 unspecified atom stereocenters. The molecule has 0 aromatic rings. The van der Waals surface area contributed by atoms with Crippen LogP contribution in [0, 0.1) is 21.7 Å². The Labute approximate surface area is 282 Å². The summed E-state index contributed by atoms with van der Waals surface area (Å²) in [7, 11) is 1.23. The van der Waals surface area contributed by atoms with Crippen molar-refractivity contribution in [2.45, 2.75) is 144 Å². The number of aliphatic hydroxyl groups excluding tert-OH is 3. The molecule has 0 amide bonds. The minimum Gasteiger partial charge on any atom is -0.462 e. The second-order valence-electron chi connectivity index (χ2n) is 16.3. The normalized spacial score (nSPS) is 31.8. The van der Waals surface area contributed by atoms with Gasteiger partial charge in [-0.25, -0.2) is 0 Å². The van der Waals surface area contributed by atoms with Gasteiger partial charge in [-0.05, 0) is 83.1 Å². The summed E-state index contributed by atoms with van der Waals surface area (Å²) in [6, 6.07) is 0. The molecule has 2 rings (SSSR count). The summed E-state index contributed by atoms with van der Waals surface area (Å²) in [5.74, 6) is -2.91. The van der Waals surface area contributed by atoms with E-state index in [1.807, 2.05) is 0 Å². The third-order valence-electron chi connectivity index (χ3n) is 7.49. The third-order valence-corrected chi connectivity index (χ3v) is 7.49. The monoisotopic (exact) mass is 692 g/mol. The molecule has 0 aliphatic carbocycles. The first-order valence-electron chi connectivity index (χ1n) is 16.0. The molecule has 2 fully saturated rings. The summed E-state index contributed by atoms with van der Waals surface area (Å²) in [4.78, 5) is 53.0. The topological polar surface area (TPSA) is 203 Å². The number of hydrogen-bond acceptors (Lipinski definition) is 15. The van der Waals surface area contributed by atoms with Crippen LogP contribution in [0.15, 0.2) is 0 Å². The number of carbonyl (C=O) groups excluding carboxylic acids is 4. The van der Waals surface area contributed by atoms with Gasteiger partial charge in [-0.15, -0.1) is 0 Å². The Morgan fingerprint density at radius 2 is 0.979 bits per heavy atom. The Kier molecular flexibility index (Phi) is 13.6. The van der Waals surface area contributed by atoms with Gasteiger partial charge in [0, 0.05) is 7.11 Å². The molecule has 2 aliphatic rings. The lowest BCUT2D eigenvalue weighted by atomic mass is 9.92. The second kappa shape index (κ2) is 15.7. The van der Waals surface area contributed by atoms with Gasteiger partial charge in [-0.1, -0.05) is 0 Å². The summed E-state index contributed by atoms with van der Waals surface area (Å²) in [6.07, 6.45) is -15.4. The lowest BCUT2D eigenvalue weighted by Gasteiger charge is -2.48. The van der Waals surface area contributed by atoms with Gasteiger partial charge < -0.3 is 53.2 Å². The smallest absolute Gasteiger partial charge is 0.311 e. The van der Waals surface area contributed by atoms with Crippen molar-refractivity contribution in [1.29, 1.82) is 0 Å². The number of rotatable bonds is 9. The van der Waals surface area contributed by atoms with E-state index < -0.39 is 120 Å². The number of aliphatic hydroxyl groups is 3. The lowest BCUT2D eigenvalue weighted by molar-refractivity contribution is -0.360. The van der Waals surface area contributed by atoms with Crippen LogP contribution in [0.5, 0.6) is 0 Å². The number of carbonyl (C=O) groups is 4. The number of methoxy groups -OCH3 is 1. The molecule has 3 N–H and O–H groups in total. The van der Waals surface area contributed by atoms with Crippen LogP contribution in [0.4, 0.5) is 0 Å². The molecular weight excluding hydrogens is 636 g/mol. The highest BCUT2D eigenvalue weighted by molar-refractivity contribution is 5.78. The van der Waals surface area contributed by atoms with E-state index in [9.17, 15) is 34.5 Å². The predicted octanol–water partition coefficient (Wildman–Crippen LogP) is 1.64. The largest absolute Gasteiger partial charge is 0.462 e. The summed E-state index contributed by atoms with van der Waals surface area (Å²) < 4.78 is 46.3. The van der Waals surface area contributed by atoms with Gasteiger partial charge in [0.25, 0.3) is 0 Å². The molecule has 0 radical (unpaired) electrons. The first-order valence-corrected chi connectivity index (χ1v) is 16.0. The Bertz CT molecular complexity index is 1110. The van der Waals surface area contributed by atoms with E-state index in [2.05, 4.69) is 0 Å². The minimum atomic E-state index is -1.73. The van der Waals surface area contributed by atoms with Crippen molar-refractivity contribution in [2.75, 3.05) is 20.3 Å². The number of ether oxygens (including phenoxy) is 8. The molecule has 0 bridgehead atoms. The van der Waals surface area contributed by atoms with Crippen molar-refractivity contribution < 1.29 is 72.4 Å². The van der Waals surface area contributed by atoms with Gasteiger partial charge in [0.15, 0.2) is 30.9 Å². The Balaban J connectivity index is 2.77. The quantitative estimate of drug-likeness (QED) is 0.232. The van der Waals surface area contributed by atoms with Crippen molar-refractivity contribution >= 4 is 23.9 Å². The molecule has 15 heteroatoms. The van der Waals surface area contributed by atoms with Crippen LogP contribution in [-0.2, 0) is 57.1 Å². The van der Waals surface area contributed by atoms with Crippen molar-refractivity contribution in [3.05, 3.63) is 0 Å². The number of esters is 4. The zero-order valence-corrected chi connectivity index (χ0v) is 30.4. The van der Waals surface area contributed by atoms with Crippen LogP contribution in [-0.4, -0.2) is 121 Å². The molecule has 48 heavy (non-hydrogen) atoms. The lowest BCUT2D eigenvalue weighted by Crippen LogP contribution is -2.67. The fourth-order valence-electron chi connectivity index (χ4n) is 4.36. The van der Waals surface area contributed by atoms with Crippen LogP contribution in [0.2, 0.25) is 0 Å². The molecule has 15 nitrogen and oxygen atoms in total. The summed E-state index contributed by atoms with van der Waals surface area (Å²) in [5.41, 5.74) is -4.18. The molecule has 10 atom stereocenters. The van der Waals surface area contributed by atoms with E-state index in [1.165, 1.54) is 7.11 Å². The van der Waals surface area contributed by atoms with E-state index in [4.69, 9.17) is 37.9 Å². The average molecular weight is 693 g/mol. The minimum absolute atomic E-state index is 0.527. The maximum atomic E-state index is 13.4. The van der Waals surface area contributed by atoms with E-state index in [0.29, 0.717) is 0 Å². The Morgan fingerprint density at radius 1 is 0.562 bits per heavy atom. The average Bonchev–Trinajstić information content (AvgIpc) is 2.94. The van der Waals surface area contributed by atoms with Gasteiger partial charge in [0.1, 0.15) is 37.1 Å². The second-order valence-corrected chi connectivity index (χ2v) is 16.3. The summed E-state index contributed by atoms with van der Waals surface area (Å²) in [6.45, 7) is 18.0. The fourth-order valence-corrected chi connectivity index (χ4v) is 4.36. The summed E-state index contributed by atoms with van der Waals surface area (Å²) >= 11 is 0. The third kappa shape index (κ3) is 10.6. The maximum Gasteiger partial charge on any atom is 0.311 e. The molecule has 0 spiro atoms. The van der Waals surface area contributed by atoms with E-state index >= 15 is 0 Å². The first kappa shape index (κ1) is 41.8. The van der Waals surface area contributed by atoms with Crippen molar-refractivity contribution in [2.24, 2.45) is 21.7 Å². The van der Waals surface area contributed by atoms with Crippen LogP contribution in [0.3, 0.4) is 0 Å². The van der Waals surface area contributed by atoms with Gasteiger partial charge in [0.2, 0.25) is 0 Å². The van der Waals surface area contributed by atoms with Gasteiger partial charge in [-0.2, -0.15) is 0 Å². The van der Waals surface area contributed by atoms with Gasteiger partial charge in [-0.3, -0.25) is 19.2 Å². The molecule has 278 valence electrons. The highest BCUT2D eigenvalue weighted by Crippen LogP contribution is 2.36. The van der Waals surface area contributed by atoms with E-state index in [1.54, 1.807) is 83.1 Å². The van der Waals surface area contributed by atoms with E-state index in [0.717, 1.165) is 0 Å². The van der Waals surface area contributed by atoms with Crippen molar-refractivity contribution in [3.63, 3.8) is 0 Å². The SMILES string of the molecule is CO[C@@H]1O[C@H](CO)[C@H](O)[C@H](O[C@@H]2O[C@H](COC(=O)C(C)(C)C)[C@@H](OC(=O)C(C)(C)C)[C@H](OC(=O)C(C)(C)C)[C@H]2OC(=O)C(C)(C)C)[C@H]1O. The zero-order chi connectivity index (χ0) is 37.2. The molecule has 0 saturated carbocycles. The van der Waals surface area contributed by atoms with Crippen molar-refractivity contribution in [1.82, 2.24) is 0 Å².